The van der Waals surface area contributed by atoms with Crippen molar-refractivity contribution in [1.82, 2.24) is 0 Å². The van der Waals surface area contributed by atoms with Crippen molar-refractivity contribution in [3.05, 3.63) is 262 Å². The molecule has 0 aromatic heterocycles. The van der Waals surface area contributed by atoms with E-state index in [4.69, 9.17) is 11.6 Å². The van der Waals surface area contributed by atoms with E-state index in [-0.39, 0.29) is 141 Å². The van der Waals surface area contributed by atoms with E-state index in [1.54, 1.807) is 38.1 Å². The van der Waals surface area contributed by atoms with Gasteiger partial charge in [-0.3, -0.25) is 38.8 Å². The predicted octanol–water partition coefficient (Wildman–Crippen LogP) is 22.8. The third-order valence-corrected chi connectivity index (χ3v) is 33.9. The van der Waals surface area contributed by atoms with Crippen LogP contribution in [0.15, 0.2) is 195 Å². The first-order chi connectivity index (χ1) is 60.7. The Labute approximate surface area is 771 Å². The van der Waals surface area contributed by atoms with E-state index in [0.717, 1.165) is 62.2 Å². The lowest BCUT2D eigenvalue weighted by atomic mass is 9.78. The molecule has 0 bridgehead atoms. The van der Waals surface area contributed by atoms with Gasteiger partial charge in [-0.15, -0.1) is 0 Å². The molecule has 16 rings (SSSR count). The molecule has 0 radical (unpaired) electrons. The van der Waals surface area contributed by atoms with Crippen molar-refractivity contribution in [3.8, 4) is 0 Å². The Morgan fingerprint density at radius 2 is 0.577 bits per heavy atom. The molecule has 0 aliphatic carbocycles. The van der Waals surface area contributed by atoms with Gasteiger partial charge in [0, 0.05) is 78.2 Å². The first-order valence-corrected chi connectivity index (χ1v) is 52.0. The highest BCUT2D eigenvalue weighted by molar-refractivity contribution is 7.92. The molecule has 4 saturated heterocycles. The second-order valence-corrected chi connectivity index (χ2v) is 48.4. The van der Waals surface area contributed by atoms with Crippen LogP contribution in [0.25, 0.3) is 0 Å². The van der Waals surface area contributed by atoms with Gasteiger partial charge in [0.2, 0.25) is 0 Å². The van der Waals surface area contributed by atoms with Crippen molar-refractivity contribution in [1.29, 1.82) is 0 Å². The van der Waals surface area contributed by atoms with Crippen LogP contribution in [0, 0.1) is 66.8 Å². The van der Waals surface area contributed by atoms with Crippen molar-refractivity contribution < 1.29 is 66.0 Å². The number of nitrogens with zero attached hydrogens (tertiary/aromatic N) is 8. The van der Waals surface area contributed by atoms with Crippen LogP contribution in [0.1, 0.15) is 211 Å². The van der Waals surface area contributed by atoms with Gasteiger partial charge in [-0.05, 0) is 263 Å². The van der Waals surface area contributed by atoms with E-state index < -0.39 is 73.0 Å². The summed E-state index contributed by atoms with van der Waals surface area (Å²) in [5.74, 6) is 0.445. The fraction of sp³-hybridized carbons (Fsp3) is 0.412. The molecule has 0 spiro atoms. The highest BCUT2D eigenvalue weighted by Crippen LogP contribution is 2.55. The van der Waals surface area contributed by atoms with Gasteiger partial charge >= 0.3 is 0 Å². The quantitative estimate of drug-likeness (QED) is 0.0646. The Morgan fingerprint density at radius 1 is 0.331 bits per heavy atom. The lowest BCUT2D eigenvalue weighted by Crippen LogP contribution is -2.33. The summed E-state index contributed by atoms with van der Waals surface area (Å²) in [6.07, 6.45) is 3.10. The standard InChI is InChI=1S/C26H31ClN2O3S.C26H31FN2O3S.2C25H29FN2O3S/c1-17(2)28-19(4)29(20-8-6-7-18(3)13-20)24-15-22(27)21(14-23(24)28)25(30)16-26(5)9-11-33(31,32)12-10-26;1-17(2)28-19(4)29(20-8-6-7-18(3)15-20)22-10-9-21(24(27)25(22)28)23(30)16-26(5)11-13-33(31,32)14-12-26;2*1-16(2)27-18(4)28(19-8-6-7-17(3)13-19)21-10-9-20(23(26)24(21)27)22(29)14-25(5)11-12-32(30,31)15-25/h6-8,13-15,17H,4,9-12,16H2,1-3,5H3;6-10,15,17H,4,11-14,16H2,1-3,5H3;2*6-10,13,16H,4,11-12,14-15H2,1-3,5H3/t;;2*25-/m..10/s1. The first-order valence-electron chi connectivity index (χ1n) is 44.3. The maximum absolute atomic E-state index is 16.0. The summed E-state index contributed by atoms with van der Waals surface area (Å²) in [6.45, 7) is 48.5. The van der Waals surface area contributed by atoms with Crippen LogP contribution in [-0.4, -0.2) is 127 Å². The Morgan fingerprint density at radius 3 is 0.838 bits per heavy atom. The largest absolute Gasteiger partial charge is 0.324 e. The molecule has 8 aliphatic heterocycles. The summed E-state index contributed by atoms with van der Waals surface area (Å²) in [5, 5.41) is 0.404. The number of aryl methyl sites for hydroxylation is 4. The normalized spacial score (nSPS) is 20.6. The smallest absolute Gasteiger partial charge is 0.166 e. The average molecular weight is 1870 g/mol. The Bertz CT molecular complexity index is 6130. The Kier molecular flexibility index (Phi) is 27.4. The topological polar surface area (TPSA) is 231 Å². The summed E-state index contributed by atoms with van der Waals surface area (Å²) in [5.41, 5.74) is 11.2. The summed E-state index contributed by atoms with van der Waals surface area (Å²) < 4.78 is 143. The number of carbonyl (C=O) groups is 4. The minimum Gasteiger partial charge on any atom is -0.324 e. The molecule has 0 saturated carbocycles. The first kappa shape index (κ1) is 97.2. The molecule has 4 fully saturated rings. The highest BCUT2D eigenvalue weighted by atomic mass is 35.5. The Balaban J connectivity index is 0.000000148. The van der Waals surface area contributed by atoms with Gasteiger partial charge in [-0.2, -0.15) is 0 Å². The summed E-state index contributed by atoms with van der Waals surface area (Å²) in [4.78, 5) is 68.2. The van der Waals surface area contributed by atoms with Crippen LogP contribution in [0.3, 0.4) is 0 Å². The molecule has 0 amide bonds. The van der Waals surface area contributed by atoms with Crippen molar-refractivity contribution in [2.75, 3.05) is 85.2 Å². The van der Waals surface area contributed by atoms with Crippen LogP contribution in [0.2, 0.25) is 5.02 Å². The third kappa shape index (κ3) is 20.0. The number of hydrogen-bond donors (Lipinski definition) is 0. The minimum absolute atomic E-state index is 0.00110. The number of halogens is 4. The monoisotopic (exact) mass is 1870 g/mol. The van der Waals surface area contributed by atoms with E-state index in [1.165, 1.54) is 12.1 Å². The number of Topliss-reactive ketones (excluding diaryl/α,β-unsaturated/α-hetero) is 4. The zero-order chi connectivity index (χ0) is 95.1. The maximum Gasteiger partial charge on any atom is 0.166 e. The van der Waals surface area contributed by atoms with Crippen molar-refractivity contribution in [2.24, 2.45) is 21.7 Å². The number of ketones is 4. The van der Waals surface area contributed by atoms with Crippen molar-refractivity contribution in [3.63, 3.8) is 0 Å². The second kappa shape index (κ2) is 36.7. The molecule has 28 heteroatoms. The summed E-state index contributed by atoms with van der Waals surface area (Å²) >= 11 is 6.68. The highest BCUT2D eigenvalue weighted by Gasteiger charge is 2.47. The van der Waals surface area contributed by atoms with Gasteiger partial charge in [-0.1, -0.05) is 114 Å². The maximum atomic E-state index is 16.0. The SMILES string of the molecule is C=C1N(c2cccc(C)c2)c2cc(Cl)c(C(=O)CC3(C)CCS(=O)(=O)CC3)cc2N1C(C)C.C=C1N(c2cccc(C)c2)c2ccc(C(=O)CC3(C)CCS(=O)(=O)CC3)c(F)c2N1C(C)C.C=C1N(c2cccc(C)c2)c2ccc(C(=O)C[C@@]3(C)CCS(=O)(=O)C3)c(F)c2N1C(C)C.C=C1N(c2cccc(C)c2)c2ccc(C(=O)C[C@]3(C)CCS(=O)(=O)C3)c(F)c2N1C(C)C. The van der Waals surface area contributed by atoms with E-state index in [1.807, 2.05) is 203 Å². The van der Waals surface area contributed by atoms with Gasteiger partial charge < -0.3 is 19.6 Å². The van der Waals surface area contributed by atoms with Gasteiger partial charge in [0.15, 0.2) is 60.3 Å². The van der Waals surface area contributed by atoms with E-state index in [9.17, 15) is 52.8 Å². The second-order valence-electron chi connectivity index (χ2n) is 39.1. The molecule has 2 atom stereocenters. The average Bonchev–Trinajstić information content (AvgIpc) is 1.59. The summed E-state index contributed by atoms with van der Waals surface area (Å²) in [6, 6.07) is 45.5. The molecule has 130 heavy (non-hydrogen) atoms. The minimum atomic E-state index is -3.14. The van der Waals surface area contributed by atoms with E-state index >= 15 is 13.2 Å². The van der Waals surface area contributed by atoms with Gasteiger partial charge in [-0.25, -0.2) is 46.8 Å². The number of carbonyl (C=O) groups excluding carboxylic acids is 4. The van der Waals surface area contributed by atoms with Gasteiger partial charge in [0.1, 0.15) is 60.0 Å². The van der Waals surface area contributed by atoms with Crippen LogP contribution in [0.4, 0.5) is 81.4 Å². The fourth-order valence-electron chi connectivity index (χ4n) is 19.4. The molecule has 0 unspecified atom stereocenters. The van der Waals surface area contributed by atoms with Crippen LogP contribution in [-0.2, 0) is 39.3 Å². The zero-order valence-corrected chi connectivity index (χ0v) is 81.4. The molecule has 8 aromatic carbocycles. The number of benzene rings is 8. The van der Waals surface area contributed by atoms with Crippen LogP contribution < -0.4 is 39.2 Å². The van der Waals surface area contributed by atoms with Crippen molar-refractivity contribution >= 4 is 142 Å². The molecule has 692 valence electrons. The molecule has 20 nitrogen and oxygen atoms in total. The number of anilines is 12. The third-order valence-electron chi connectivity index (χ3n) is 26.3. The molecular formula is C102H120ClF3N8O12S4. The number of rotatable bonds is 20. The summed E-state index contributed by atoms with van der Waals surface area (Å²) in [7, 11) is -12.3. The molecule has 8 aliphatic rings. The molecule has 0 N–H and O–H groups in total. The number of hydrogen-bond acceptors (Lipinski definition) is 20. The van der Waals surface area contributed by atoms with Crippen molar-refractivity contribution in [2.45, 2.75) is 199 Å². The van der Waals surface area contributed by atoms with Crippen LogP contribution in [0.5, 0.6) is 0 Å². The number of fused-ring (bicyclic) bond motifs is 4. The van der Waals surface area contributed by atoms with E-state index in [0.29, 0.717) is 101 Å². The molecule has 8 aromatic rings. The lowest BCUT2D eigenvalue weighted by Gasteiger charge is -2.33. The van der Waals surface area contributed by atoms with Gasteiger partial charge in [0.05, 0.1) is 96.2 Å². The number of sulfone groups is 4. The fourth-order valence-corrected chi connectivity index (χ4v) is 27.8. The molecule has 8 heterocycles. The lowest BCUT2D eigenvalue weighted by molar-refractivity contribution is 0.0900. The predicted molar refractivity (Wildman–Crippen MR) is 521 cm³/mol. The van der Waals surface area contributed by atoms with E-state index in [2.05, 4.69) is 69.0 Å². The van der Waals surface area contributed by atoms with Crippen LogP contribution >= 0.6 is 11.6 Å². The molecular weight excluding hydrogens is 1750 g/mol. The zero-order valence-electron chi connectivity index (χ0n) is 77.3. The van der Waals surface area contributed by atoms with Gasteiger partial charge in [0.25, 0.3) is 0 Å². The Hall–Kier alpha value is -10.3.